The van der Waals surface area contributed by atoms with E-state index in [0.29, 0.717) is 36.3 Å². The lowest BCUT2D eigenvalue weighted by molar-refractivity contribution is 0.264. The number of hydrogen-bond acceptors (Lipinski definition) is 7. The summed E-state index contributed by atoms with van der Waals surface area (Å²) < 4.78 is 4.73. The molecule has 7 nitrogen and oxygen atoms in total. The van der Waals surface area contributed by atoms with Gasteiger partial charge in [-0.2, -0.15) is 10.5 Å². The van der Waals surface area contributed by atoms with Crippen molar-refractivity contribution in [3.63, 3.8) is 0 Å². The molecule has 0 amide bonds. The van der Waals surface area contributed by atoms with Crippen molar-refractivity contribution in [3.8, 4) is 12.1 Å². The Labute approximate surface area is 404 Å². The van der Waals surface area contributed by atoms with Gasteiger partial charge >= 0.3 is 0 Å². The van der Waals surface area contributed by atoms with Crippen molar-refractivity contribution < 1.29 is 14.9 Å². The quantitative estimate of drug-likeness (QED) is 0.0879. The molecule has 3 aliphatic carbocycles. The Morgan fingerprint density at radius 2 is 1.09 bits per heavy atom. The van der Waals surface area contributed by atoms with E-state index in [1.165, 1.54) is 62.8 Å². The zero-order valence-electron chi connectivity index (χ0n) is 38.4. The monoisotopic (exact) mass is 918 g/mol. The number of fused-ring (bicyclic) bond motifs is 5. The van der Waals surface area contributed by atoms with Gasteiger partial charge in [0.05, 0.1) is 42.6 Å². The molecule has 0 aromatic heterocycles. The molecule has 0 spiro atoms. The molecule has 13 rings (SSSR count). The van der Waals surface area contributed by atoms with Crippen LogP contribution in [0.4, 0.5) is 0 Å². The zero-order chi connectivity index (χ0) is 47.1. The summed E-state index contributed by atoms with van der Waals surface area (Å²) in [6.07, 6.45) is 4.07. The largest absolute Gasteiger partial charge is 0.396 e. The number of rotatable bonds is 8. The van der Waals surface area contributed by atoms with Gasteiger partial charge < -0.3 is 26.0 Å². The minimum Gasteiger partial charge on any atom is -0.396 e. The predicted octanol–water partition coefficient (Wildman–Crippen LogP) is 10.9. The van der Waals surface area contributed by atoms with E-state index >= 15 is 0 Å². The molecule has 2 saturated heterocycles. The molecule has 8 aromatic carbocycles. The molecule has 0 radical (unpaired) electrons. The molecule has 7 atom stereocenters. The van der Waals surface area contributed by atoms with E-state index < -0.39 is 5.41 Å². The van der Waals surface area contributed by atoms with Crippen LogP contribution >= 0.6 is 11.6 Å². The van der Waals surface area contributed by atoms with Crippen LogP contribution in [-0.4, -0.2) is 61.7 Å². The summed E-state index contributed by atoms with van der Waals surface area (Å²) in [7, 11) is 0. The van der Waals surface area contributed by atoms with E-state index in [1.54, 1.807) is 5.56 Å². The Bertz CT molecular complexity index is 3120. The maximum Gasteiger partial charge on any atom is 0.0944 e. The second-order valence-corrected chi connectivity index (χ2v) is 19.4. The average molecular weight is 920 g/mol. The van der Waals surface area contributed by atoms with Crippen molar-refractivity contribution in [2.75, 3.05) is 45.3 Å². The number of nitriles is 2. The first-order chi connectivity index (χ1) is 33.3. The van der Waals surface area contributed by atoms with Gasteiger partial charge in [-0.05, 0) is 109 Å². The molecule has 0 unspecified atom stereocenters. The van der Waals surface area contributed by atoms with Crippen molar-refractivity contribution in [2.45, 2.75) is 48.0 Å². The fourth-order valence-electron chi connectivity index (χ4n) is 10.3. The van der Waals surface area contributed by atoms with Gasteiger partial charge in [0.1, 0.15) is 0 Å². The molecule has 68 heavy (non-hydrogen) atoms. The molecular weight excluding hydrogens is 860 g/mol. The Balaban J connectivity index is 0.000000110. The highest BCUT2D eigenvalue weighted by Crippen LogP contribution is 2.57. The van der Waals surface area contributed by atoms with Gasteiger partial charge in [-0.1, -0.05) is 164 Å². The fraction of sp³-hybridized carbons (Fsp3) is 0.300. The van der Waals surface area contributed by atoms with Crippen LogP contribution in [0, 0.1) is 40.4 Å². The minimum atomic E-state index is -0.446. The van der Waals surface area contributed by atoms with E-state index in [1.807, 2.05) is 42.5 Å². The number of aliphatic hydroxyl groups is 2. The Morgan fingerprint density at radius 1 is 0.603 bits per heavy atom. The fourth-order valence-corrected chi connectivity index (χ4v) is 10.5. The number of alkyl halides is 1. The highest BCUT2D eigenvalue weighted by Gasteiger charge is 2.58. The van der Waals surface area contributed by atoms with Crippen LogP contribution in [0.2, 0.25) is 0 Å². The number of halogens is 1. The van der Waals surface area contributed by atoms with Gasteiger partial charge in [0.25, 0.3) is 0 Å². The van der Waals surface area contributed by atoms with Gasteiger partial charge in [-0.25, -0.2) is 0 Å². The number of benzene rings is 8. The highest BCUT2D eigenvalue weighted by molar-refractivity contribution is 6.18. The molecule has 0 bridgehead atoms. The lowest BCUT2D eigenvalue weighted by atomic mass is 9.91. The SMILES string of the molecule is ClC[C@@H]1CO1.N#CCc1ccc2ccccc2c1.N#C[C@]1(c2ccc3ccccc3c2)C[C@@H]1CO.NC[C@]1(c2ccc3ccccc3c2)C[C@@H]1CO.c1ccc2cc([C@]34CNC[C@H]3C4)ccc2c1. The van der Waals surface area contributed by atoms with E-state index in [2.05, 4.69) is 145 Å². The van der Waals surface area contributed by atoms with E-state index in [4.69, 9.17) is 27.3 Å². The molecule has 3 saturated carbocycles. The first-order valence-electron chi connectivity index (χ1n) is 23.9. The van der Waals surface area contributed by atoms with Crippen molar-refractivity contribution in [1.82, 2.24) is 5.32 Å². The van der Waals surface area contributed by atoms with Crippen molar-refractivity contribution >= 4 is 54.7 Å². The number of aliphatic hydroxyl groups excluding tert-OH is 2. The van der Waals surface area contributed by atoms with Gasteiger partial charge in [0.15, 0.2) is 0 Å². The lowest BCUT2D eigenvalue weighted by Crippen LogP contribution is -2.23. The number of nitrogens with two attached hydrogens (primary N) is 1. The molecule has 5 N–H and O–H groups in total. The van der Waals surface area contributed by atoms with Crippen LogP contribution in [0.15, 0.2) is 170 Å². The standard InChI is InChI=1S/C15H17NO.C15H13NO.C15H15N.C12H9N.C3H5ClO/c2*16-10-15(8-14(15)9-17)13-6-5-11-3-1-2-4-12(11)7-13;1-2-4-12-7-13(6-5-11(12)3-1)15-8-14(15)9-16-10-15;13-8-7-10-5-6-11-3-1-2-4-12(11)9-10;4-1-3-2-5-3/h1-7,14,17H,8-10,16H2;1-7,14,17H,8-9H2;1-7,14,16H,8-10H2;1-6,9H,7H2;3H,1-2H2/t3*14-,15+;;3-/m111.1/s1. The number of hydrogen-bond donors (Lipinski definition) is 4. The van der Waals surface area contributed by atoms with Crippen molar-refractivity contribution in [3.05, 3.63) is 192 Å². The summed E-state index contributed by atoms with van der Waals surface area (Å²) in [5.74, 6) is 2.01. The second-order valence-electron chi connectivity index (χ2n) is 19.1. The maximum atomic E-state index is 9.32. The molecule has 344 valence electrons. The van der Waals surface area contributed by atoms with Crippen LogP contribution in [-0.2, 0) is 27.4 Å². The minimum absolute atomic E-state index is 0.0266. The number of nitrogens with one attached hydrogen (secondary N) is 1. The van der Waals surface area contributed by atoms with Gasteiger partial charge in [0, 0.05) is 43.1 Å². The predicted molar refractivity (Wildman–Crippen MR) is 277 cm³/mol. The summed E-state index contributed by atoms with van der Waals surface area (Å²) in [6.45, 7) is 4.23. The Hall–Kier alpha value is -6.13. The van der Waals surface area contributed by atoms with Crippen LogP contribution < -0.4 is 11.1 Å². The third kappa shape index (κ3) is 10.0. The summed E-state index contributed by atoms with van der Waals surface area (Å²) in [4.78, 5) is 0. The lowest BCUT2D eigenvalue weighted by Gasteiger charge is -2.15. The number of epoxide rings is 1. The van der Waals surface area contributed by atoms with Gasteiger partial charge in [0.2, 0.25) is 0 Å². The Kier molecular flexibility index (Phi) is 14.2. The second kappa shape index (κ2) is 20.6. The Morgan fingerprint density at radius 3 is 1.50 bits per heavy atom. The molecule has 8 heteroatoms. The van der Waals surface area contributed by atoms with Crippen LogP contribution in [0.3, 0.4) is 0 Å². The number of piperidine rings is 1. The molecule has 8 aromatic rings. The van der Waals surface area contributed by atoms with E-state index in [0.717, 1.165) is 41.9 Å². The summed E-state index contributed by atoms with van der Waals surface area (Å²) in [5.41, 5.74) is 10.9. The van der Waals surface area contributed by atoms with Crippen LogP contribution in [0.25, 0.3) is 43.1 Å². The topological polar surface area (TPSA) is 139 Å². The first kappa shape index (κ1) is 47.0. The molecule has 5 aliphatic rings. The smallest absolute Gasteiger partial charge is 0.0944 e. The average Bonchev–Trinajstić information content (AvgIpc) is 4.27. The van der Waals surface area contributed by atoms with Gasteiger partial charge in [-0.3, -0.25) is 0 Å². The van der Waals surface area contributed by atoms with Crippen LogP contribution in [0.5, 0.6) is 0 Å². The van der Waals surface area contributed by atoms with E-state index in [9.17, 15) is 15.5 Å². The van der Waals surface area contributed by atoms with Crippen molar-refractivity contribution in [1.29, 1.82) is 10.5 Å². The number of nitrogens with zero attached hydrogens (tertiary/aromatic N) is 2. The molecule has 2 aliphatic heterocycles. The zero-order valence-corrected chi connectivity index (χ0v) is 39.2. The summed E-state index contributed by atoms with van der Waals surface area (Å²) in [6, 6.07) is 63.6. The highest BCUT2D eigenvalue weighted by atomic mass is 35.5. The summed E-state index contributed by atoms with van der Waals surface area (Å²) >= 11 is 5.27. The van der Waals surface area contributed by atoms with Crippen LogP contribution in [0.1, 0.15) is 41.5 Å². The van der Waals surface area contributed by atoms with E-state index in [-0.39, 0.29) is 24.5 Å². The number of ether oxygens (including phenoxy) is 1. The van der Waals surface area contributed by atoms with Gasteiger partial charge in [-0.15, -0.1) is 11.6 Å². The summed E-state index contributed by atoms with van der Waals surface area (Å²) in [5, 5.41) is 49.9. The molecule has 2 heterocycles. The third-order valence-electron chi connectivity index (χ3n) is 15.0. The molecular formula is C60H59ClN4O3. The normalized spacial score (nSPS) is 25.3. The van der Waals surface area contributed by atoms with Crippen molar-refractivity contribution in [2.24, 2.45) is 23.5 Å². The third-order valence-corrected chi connectivity index (χ3v) is 15.3. The maximum absolute atomic E-state index is 9.32. The first-order valence-corrected chi connectivity index (χ1v) is 24.4. The molecule has 5 fully saturated rings.